The lowest BCUT2D eigenvalue weighted by atomic mass is 10.0. The number of aliphatic carboxylic acids is 1. The third kappa shape index (κ3) is 4.71. The Morgan fingerprint density at radius 3 is 2.47 bits per heavy atom. The van der Waals surface area contributed by atoms with Gasteiger partial charge >= 0.3 is 5.97 Å². The van der Waals surface area contributed by atoms with Crippen molar-refractivity contribution in [2.45, 2.75) is 25.9 Å². The predicted molar refractivity (Wildman–Crippen MR) is 71.0 cm³/mol. The molecule has 1 aromatic rings. The first-order chi connectivity index (χ1) is 9.08. The van der Waals surface area contributed by atoms with E-state index in [0.29, 0.717) is 0 Å². The molecule has 2 N–H and O–H groups in total. The van der Waals surface area contributed by atoms with Crippen molar-refractivity contribution in [2.24, 2.45) is 0 Å². The van der Waals surface area contributed by atoms with Crippen molar-refractivity contribution in [3.05, 3.63) is 35.4 Å². The molecule has 104 valence electrons. The number of hydrogen-bond acceptors (Lipinski definition) is 3. The Balaban J connectivity index is 2.53. The highest BCUT2D eigenvalue weighted by molar-refractivity contribution is 5.80. The third-order valence-corrected chi connectivity index (χ3v) is 2.89. The Kier molecular flexibility index (Phi) is 6.02. The summed E-state index contributed by atoms with van der Waals surface area (Å²) in [5.74, 6) is -1.29. The van der Waals surface area contributed by atoms with Gasteiger partial charge in [-0.3, -0.25) is 4.79 Å². The average Bonchev–Trinajstić information content (AvgIpc) is 2.39. The molecule has 19 heavy (non-hydrogen) atoms. The second-order valence-corrected chi connectivity index (χ2v) is 4.17. The van der Waals surface area contributed by atoms with Gasteiger partial charge in [-0.2, -0.15) is 0 Å². The number of nitrogens with one attached hydrogen (secondary N) is 1. The zero-order valence-electron chi connectivity index (χ0n) is 11.2. The number of rotatable bonds is 7. The van der Waals surface area contributed by atoms with Crippen LogP contribution in [0, 0.1) is 0 Å². The summed E-state index contributed by atoms with van der Waals surface area (Å²) in [5, 5.41) is 11.4. The van der Waals surface area contributed by atoms with Crippen LogP contribution in [0.5, 0.6) is 0 Å². The van der Waals surface area contributed by atoms with Crippen LogP contribution >= 0.6 is 0 Å². The molecule has 0 aliphatic heterocycles. The monoisotopic (exact) mass is 265 g/mol. The summed E-state index contributed by atoms with van der Waals surface area (Å²) in [6.45, 7) is 2.00. The van der Waals surface area contributed by atoms with Gasteiger partial charge in [0.2, 0.25) is 5.91 Å². The first kappa shape index (κ1) is 15.2. The first-order valence-corrected chi connectivity index (χ1v) is 6.17. The third-order valence-electron chi connectivity index (χ3n) is 2.89. The largest absolute Gasteiger partial charge is 0.479 e. The number of benzene rings is 1. The van der Waals surface area contributed by atoms with Gasteiger partial charge in [-0.15, -0.1) is 0 Å². The maximum absolute atomic E-state index is 11.8. The predicted octanol–water partition coefficient (Wildman–Crippen LogP) is 1.01. The topological polar surface area (TPSA) is 75.6 Å². The fourth-order valence-corrected chi connectivity index (χ4v) is 1.79. The summed E-state index contributed by atoms with van der Waals surface area (Å²) < 4.78 is 4.74. The van der Waals surface area contributed by atoms with E-state index in [-0.39, 0.29) is 18.9 Å². The minimum absolute atomic E-state index is 0.0288. The zero-order valence-corrected chi connectivity index (χ0v) is 11.2. The van der Waals surface area contributed by atoms with Crippen molar-refractivity contribution in [1.29, 1.82) is 0 Å². The number of hydrogen-bond donors (Lipinski definition) is 2. The van der Waals surface area contributed by atoms with E-state index in [1.165, 1.54) is 7.11 Å². The minimum atomic E-state index is -1.09. The summed E-state index contributed by atoms with van der Waals surface area (Å²) in [5.41, 5.74) is 2.09. The van der Waals surface area contributed by atoms with Gasteiger partial charge in [0, 0.05) is 7.11 Å². The quantitative estimate of drug-likeness (QED) is 0.771. The molecule has 1 amide bonds. The molecular weight excluding hydrogens is 246 g/mol. The Bertz CT molecular complexity index is 445. The first-order valence-electron chi connectivity index (χ1n) is 6.17. The molecule has 0 aliphatic carbocycles. The zero-order chi connectivity index (χ0) is 14.3. The van der Waals surface area contributed by atoms with Gasteiger partial charge < -0.3 is 15.2 Å². The smallest absolute Gasteiger partial charge is 0.334 e. The number of carboxylic acid groups (broad SMARTS) is 1. The van der Waals surface area contributed by atoms with Crippen LogP contribution in [0.25, 0.3) is 0 Å². The Hall–Kier alpha value is -1.88. The molecule has 5 heteroatoms. The molecule has 0 saturated carbocycles. The van der Waals surface area contributed by atoms with Crippen LogP contribution in [0.3, 0.4) is 0 Å². The summed E-state index contributed by atoms with van der Waals surface area (Å²) in [4.78, 5) is 22.5. The molecule has 0 radical (unpaired) electrons. The molecule has 0 aliphatic rings. The molecule has 0 fully saturated rings. The van der Waals surface area contributed by atoms with E-state index in [2.05, 4.69) is 5.32 Å². The summed E-state index contributed by atoms with van der Waals surface area (Å²) >= 11 is 0. The van der Waals surface area contributed by atoms with Gasteiger partial charge in [0.05, 0.1) is 13.0 Å². The van der Waals surface area contributed by atoms with E-state index in [9.17, 15) is 9.59 Å². The summed E-state index contributed by atoms with van der Waals surface area (Å²) in [7, 11) is 1.30. The van der Waals surface area contributed by atoms with Gasteiger partial charge in [-0.05, 0) is 17.5 Å². The van der Waals surface area contributed by atoms with Crippen molar-refractivity contribution in [1.82, 2.24) is 5.32 Å². The second-order valence-electron chi connectivity index (χ2n) is 4.17. The van der Waals surface area contributed by atoms with Crippen molar-refractivity contribution in [2.75, 3.05) is 13.7 Å². The molecule has 0 aromatic heterocycles. The highest BCUT2D eigenvalue weighted by Gasteiger charge is 2.17. The van der Waals surface area contributed by atoms with Gasteiger partial charge in [-0.25, -0.2) is 4.79 Å². The number of aryl methyl sites for hydroxylation is 1. The average molecular weight is 265 g/mol. The van der Waals surface area contributed by atoms with E-state index >= 15 is 0 Å². The molecule has 0 bridgehead atoms. The Labute approximate surface area is 112 Å². The van der Waals surface area contributed by atoms with E-state index in [1.807, 2.05) is 31.2 Å². The van der Waals surface area contributed by atoms with Gasteiger partial charge in [0.25, 0.3) is 0 Å². The van der Waals surface area contributed by atoms with Crippen LogP contribution in [0.2, 0.25) is 0 Å². The molecule has 1 rings (SSSR count). The fraction of sp³-hybridized carbons (Fsp3) is 0.429. The number of methoxy groups -OCH3 is 1. The van der Waals surface area contributed by atoms with E-state index in [4.69, 9.17) is 9.84 Å². The molecule has 1 atom stereocenters. The highest BCUT2D eigenvalue weighted by atomic mass is 16.5. The molecular formula is C14H19NO4. The Morgan fingerprint density at radius 2 is 1.95 bits per heavy atom. The van der Waals surface area contributed by atoms with E-state index in [1.54, 1.807) is 0 Å². The number of carbonyl (C=O) groups is 2. The molecule has 0 spiro atoms. The molecule has 0 heterocycles. The second kappa shape index (κ2) is 7.53. The van der Waals surface area contributed by atoms with Crippen LogP contribution in [-0.2, 0) is 27.2 Å². The lowest BCUT2D eigenvalue weighted by Crippen LogP contribution is -2.38. The molecule has 5 nitrogen and oxygen atoms in total. The van der Waals surface area contributed by atoms with Crippen LogP contribution in [-0.4, -0.2) is 36.7 Å². The maximum Gasteiger partial charge on any atom is 0.334 e. The van der Waals surface area contributed by atoms with Crippen molar-refractivity contribution in [3.8, 4) is 0 Å². The van der Waals surface area contributed by atoms with Crippen LogP contribution < -0.4 is 5.32 Å². The number of ether oxygens (including phenoxy) is 1. The number of carboxylic acids is 1. The fourth-order valence-electron chi connectivity index (χ4n) is 1.79. The normalized spacial score (nSPS) is 11.9. The minimum Gasteiger partial charge on any atom is -0.479 e. The van der Waals surface area contributed by atoms with Gasteiger partial charge in [0.15, 0.2) is 6.10 Å². The number of amides is 1. The maximum atomic E-state index is 11.8. The van der Waals surface area contributed by atoms with E-state index in [0.717, 1.165) is 17.5 Å². The van der Waals surface area contributed by atoms with Gasteiger partial charge in [0.1, 0.15) is 0 Å². The van der Waals surface area contributed by atoms with Gasteiger partial charge in [-0.1, -0.05) is 31.2 Å². The highest BCUT2D eigenvalue weighted by Crippen LogP contribution is 2.10. The Morgan fingerprint density at radius 1 is 1.32 bits per heavy atom. The lowest BCUT2D eigenvalue weighted by Gasteiger charge is -2.12. The van der Waals surface area contributed by atoms with Crippen LogP contribution in [0.15, 0.2) is 24.3 Å². The SMILES string of the molecule is CCc1ccccc1CC(=O)NCC(OC)C(=O)O. The van der Waals surface area contributed by atoms with Crippen molar-refractivity contribution < 1.29 is 19.4 Å². The standard InChI is InChI=1S/C14H19NO4/c1-3-10-6-4-5-7-11(10)8-13(16)15-9-12(19-2)14(17)18/h4-7,12H,3,8-9H2,1-2H3,(H,15,16)(H,17,18). The summed E-state index contributed by atoms with van der Waals surface area (Å²) in [6, 6.07) is 7.71. The van der Waals surface area contributed by atoms with E-state index < -0.39 is 12.1 Å². The van der Waals surface area contributed by atoms with Crippen molar-refractivity contribution in [3.63, 3.8) is 0 Å². The van der Waals surface area contributed by atoms with Crippen molar-refractivity contribution >= 4 is 11.9 Å². The number of carbonyl (C=O) groups excluding carboxylic acids is 1. The lowest BCUT2D eigenvalue weighted by molar-refractivity contribution is -0.148. The summed E-state index contributed by atoms with van der Waals surface area (Å²) in [6.07, 6.45) is 0.102. The molecule has 1 aromatic carbocycles. The molecule has 0 saturated heterocycles. The van der Waals surface area contributed by atoms with Crippen LogP contribution in [0.1, 0.15) is 18.1 Å². The molecule has 1 unspecified atom stereocenters. The van der Waals surface area contributed by atoms with Crippen LogP contribution in [0.4, 0.5) is 0 Å².